The first-order valence-electron chi connectivity index (χ1n) is 7.72. The van der Waals surface area contributed by atoms with Crippen LogP contribution in [0, 0.1) is 11.7 Å². The first-order chi connectivity index (χ1) is 10.6. The zero-order chi connectivity index (χ0) is 15.7. The van der Waals surface area contributed by atoms with Crippen molar-refractivity contribution in [2.24, 2.45) is 5.92 Å². The van der Waals surface area contributed by atoms with Crippen molar-refractivity contribution >= 4 is 5.91 Å². The number of halogens is 1. The molecular formula is C19H20FNO. The minimum absolute atomic E-state index is 0.0423. The van der Waals surface area contributed by atoms with Crippen LogP contribution in [0.25, 0.3) is 0 Å². The molecule has 1 atom stereocenters. The van der Waals surface area contributed by atoms with E-state index in [-0.39, 0.29) is 17.8 Å². The number of nitrogens with zero attached hydrogens (tertiary/aromatic N) is 1. The summed E-state index contributed by atoms with van der Waals surface area (Å²) in [4.78, 5) is 14.7. The third-order valence-electron chi connectivity index (χ3n) is 4.30. The Hall–Kier alpha value is -2.16. The summed E-state index contributed by atoms with van der Waals surface area (Å²) < 4.78 is 13.4. The summed E-state index contributed by atoms with van der Waals surface area (Å²) in [6.45, 7) is 4.92. The first kappa shape index (κ1) is 14.8. The average Bonchev–Trinajstić information content (AvgIpc) is 2.52. The number of rotatable bonds is 2. The van der Waals surface area contributed by atoms with E-state index in [9.17, 15) is 9.18 Å². The summed E-state index contributed by atoms with van der Waals surface area (Å²) in [6, 6.07) is 14.3. The van der Waals surface area contributed by atoms with Crippen molar-refractivity contribution in [2.75, 3.05) is 6.54 Å². The number of carbonyl (C=O) groups excluding carboxylic acids is 1. The normalized spacial score (nSPS) is 17.5. The van der Waals surface area contributed by atoms with Gasteiger partial charge in [-0.15, -0.1) is 0 Å². The lowest BCUT2D eigenvalue weighted by Gasteiger charge is -2.40. The zero-order valence-corrected chi connectivity index (χ0v) is 12.9. The van der Waals surface area contributed by atoms with Crippen LogP contribution in [0.5, 0.6) is 0 Å². The van der Waals surface area contributed by atoms with E-state index in [4.69, 9.17) is 0 Å². The molecule has 114 valence electrons. The molecule has 1 unspecified atom stereocenters. The quantitative estimate of drug-likeness (QED) is 0.812. The summed E-state index contributed by atoms with van der Waals surface area (Å²) in [5.41, 5.74) is 2.95. The number of hydrogen-bond acceptors (Lipinski definition) is 1. The SMILES string of the molecule is CC(C)C1c2ccccc2CCN1C(=O)c1cccc(F)c1. The Balaban J connectivity index is 1.98. The van der Waals surface area contributed by atoms with Gasteiger partial charge in [-0.2, -0.15) is 0 Å². The molecule has 0 aromatic heterocycles. The second kappa shape index (κ2) is 5.91. The standard InChI is InChI=1S/C19H20FNO/c1-13(2)18-17-9-4-3-6-14(17)10-11-21(18)19(22)15-7-5-8-16(20)12-15/h3-9,12-13,18H,10-11H2,1-2H3. The molecule has 1 aliphatic rings. The maximum absolute atomic E-state index is 13.4. The van der Waals surface area contributed by atoms with Gasteiger partial charge in [0.1, 0.15) is 5.82 Å². The Morgan fingerprint density at radius 1 is 1.18 bits per heavy atom. The lowest BCUT2D eigenvalue weighted by molar-refractivity contribution is 0.0603. The van der Waals surface area contributed by atoms with Crippen molar-refractivity contribution in [3.63, 3.8) is 0 Å². The van der Waals surface area contributed by atoms with Gasteiger partial charge in [-0.25, -0.2) is 4.39 Å². The van der Waals surface area contributed by atoms with E-state index >= 15 is 0 Å². The number of fused-ring (bicyclic) bond motifs is 1. The summed E-state index contributed by atoms with van der Waals surface area (Å²) in [5, 5.41) is 0. The van der Waals surface area contributed by atoms with Crippen LogP contribution < -0.4 is 0 Å². The van der Waals surface area contributed by atoms with Gasteiger partial charge in [0.25, 0.3) is 5.91 Å². The molecule has 0 saturated carbocycles. The van der Waals surface area contributed by atoms with E-state index in [1.54, 1.807) is 12.1 Å². The number of benzene rings is 2. The second-order valence-corrected chi connectivity index (χ2v) is 6.15. The molecule has 0 spiro atoms. The predicted molar refractivity (Wildman–Crippen MR) is 85.2 cm³/mol. The number of amides is 1. The van der Waals surface area contributed by atoms with Crippen LogP contribution in [-0.2, 0) is 6.42 Å². The summed E-state index contributed by atoms with van der Waals surface area (Å²) in [7, 11) is 0. The lowest BCUT2D eigenvalue weighted by atomic mass is 9.86. The summed E-state index contributed by atoms with van der Waals surface area (Å²) in [5.74, 6) is -0.156. The molecule has 0 saturated heterocycles. The molecule has 0 bridgehead atoms. The van der Waals surface area contributed by atoms with Crippen LogP contribution in [0.4, 0.5) is 4.39 Å². The van der Waals surface area contributed by atoms with Gasteiger partial charge in [-0.05, 0) is 41.7 Å². The fourth-order valence-electron chi connectivity index (χ4n) is 3.33. The van der Waals surface area contributed by atoms with E-state index in [0.717, 1.165) is 6.42 Å². The molecule has 3 rings (SSSR count). The van der Waals surface area contributed by atoms with Gasteiger partial charge in [0.05, 0.1) is 6.04 Å². The van der Waals surface area contributed by atoms with Crippen LogP contribution in [0.15, 0.2) is 48.5 Å². The molecule has 1 aliphatic heterocycles. The predicted octanol–water partition coefficient (Wildman–Crippen LogP) is 4.22. The molecule has 0 fully saturated rings. The van der Waals surface area contributed by atoms with Crippen molar-refractivity contribution < 1.29 is 9.18 Å². The molecule has 22 heavy (non-hydrogen) atoms. The third kappa shape index (κ3) is 2.63. The molecule has 1 heterocycles. The van der Waals surface area contributed by atoms with E-state index < -0.39 is 0 Å². The van der Waals surface area contributed by atoms with Crippen LogP contribution in [0.1, 0.15) is 41.4 Å². The number of hydrogen-bond donors (Lipinski definition) is 0. The minimum Gasteiger partial charge on any atom is -0.331 e. The van der Waals surface area contributed by atoms with Crippen molar-refractivity contribution in [1.29, 1.82) is 0 Å². The Labute approximate surface area is 130 Å². The Morgan fingerprint density at radius 2 is 1.95 bits per heavy atom. The van der Waals surface area contributed by atoms with Gasteiger partial charge in [0.2, 0.25) is 0 Å². The number of carbonyl (C=O) groups is 1. The van der Waals surface area contributed by atoms with Crippen molar-refractivity contribution in [3.05, 3.63) is 71.0 Å². The van der Waals surface area contributed by atoms with Crippen LogP contribution in [-0.4, -0.2) is 17.4 Å². The van der Waals surface area contributed by atoms with E-state index in [1.165, 1.54) is 23.3 Å². The van der Waals surface area contributed by atoms with Crippen LogP contribution in [0.3, 0.4) is 0 Å². The van der Waals surface area contributed by atoms with Gasteiger partial charge >= 0.3 is 0 Å². The fourth-order valence-corrected chi connectivity index (χ4v) is 3.33. The highest BCUT2D eigenvalue weighted by molar-refractivity contribution is 5.94. The monoisotopic (exact) mass is 297 g/mol. The molecule has 2 aromatic carbocycles. The van der Waals surface area contributed by atoms with Crippen molar-refractivity contribution in [3.8, 4) is 0 Å². The molecule has 0 N–H and O–H groups in total. The molecule has 0 radical (unpaired) electrons. The Kier molecular flexibility index (Phi) is 3.97. The third-order valence-corrected chi connectivity index (χ3v) is 4.30. The van der Waals surface area contributed by atoms with E-state index in [2.05, 4.69) is 26.0 Å². The molecule has 3 heteroatoms. The maximum Gasteiger partial charge on any atom is 0.254 e. The van der Waals surface area contributed by atoms with Crippen molar-refractivity contribution in [2.45, 2.75) is 26.3 Å². The highest BCUT2D eigenvalue weighted by atomic mass is 19.1. The second-order valence-electron chi connectivity index (χ2n) is 6.15. The molecule has 1 amide bonds. The van der Waals surface area contributed by atoms with Gasteiger partial charge in [0, 0.05) is 12.1 Å². The minimum atomic E-state index is -0.371. The van der Waals surface area contributed by atoms with E-state index in [0.29, 0.717) is 18.0 Å². The largest absolute Gasteiger partial charge is 0.331 e. The fraction of sp³-hybridized carbons (Fsp3) is 0.316. The Bertz CT molecular complexity index is 695. The maximum atomic E-state index is 13.4. The van der Waals surface area contributed by atoms with Crippen LogP contribution >= 0.6 is 0 Å². The smallest absolute Gasteiger partial charge is 0.254 e. The topological polar surface area (TPSA) is 20.3 Å². The van der Waals surface area contributed by atoms with E-state index in [1.807, 2.05) is 17.0 Å². The Morgan fingerprint density at radius 3 is 2.68 bits per heavy atom. The van der Waals surface area contributed by atoms with Gasteiger partial charge in [0.15, 0.2) is 0 Å². The average molecular weight is 297 g/mol. The van der Waals surface area contributed by atoms with Gasteiger partial charge in [-0.1, -0.05) is 44.2 Å². The first-order valence-corrected chi connectivity index (χ1v) is 7.72. The summed E-state index contributed by atoms with van der Waals surface area (Å²) in [6.07, 6.45) is 0.848. The molecule has 2 aromatic rings. The lowest BCUT2D eigenvalue weighted by Crippen LogP contribution is -2.42. The van der Waals surface area contributed by atoms with Crippen LogP contribution in [0.2, 0.25) is 0 Å². The molecular weight excluding hydrogens is 277 g/mol. The molecule has 2 nitrogen and oxygen atoms in total. The highest BCUT2D eigenvalue weighted by Crippen LogP contribution is 2.35. The van der Waals surface area contributed by atoms with Gasteiger partial charge in [-0.3, -0.25) is 4.79 Å². The zero-order valence-electron chi connectivity index (χ0n) is 12.9. The van der Waals surface area contributed by atoms with Gasteiger partial charge < -0.3 is 4.90 Å². The van der Waals surface area contributed by atoms with Crippen molar-refractivity contribution in [1.82, 2.24) is 4.90 Å². The molecule has 0 aliphatic carbocycles. The summed E-state index contributed by atoms with van der Waals surface area (Å²) >= 11 is 0. The highest BCUT2D eigenvalue weighted by Gasteiger charge is 2.33.